The van der Waals surface area contributed by atoms with Crippen LogP contribution in [0.25, 0.3) is 6.08 Å². The van der Waals surface area contributed by atoms with Gasteiger partial charge in [0.2, 0.25) is 0 Å². The second kappa shape index (κ2) is 6.39. The van der Waals surface area contributed by atoms with Crippen LogP contribution in [0.5, 0.6) is 5.75 Å². The van der Waals surface area contributed by atoms with Gasteiger partial charge in [0.05, 0.1) is 7.11 Å². The number of aldehydes is 1. The summed E-state index contributed by atoms with van der Waals surface area (Å²) in [7, 11) is 1.67. The van der Waals surface area contributed by atoms with Gasteiger partial charge in [0.1, 0.15) is 12.0 Å². The standard InChI is InChI=1S/C16H20O2/c1-18-16-9-8-14(12-17)11-15(16)10-13-6-4-2-3-5-7-13/h8-12H,2-7H2,1H3. The van der Waals surface area contributed by atoms with Crippen LogP contribution in [0, 0.1) is 0 Å². The van der Waals surface area contributed by atoms with Gasteiger partial charge in [-0.25, -0.2) is 0 Å². The van der Waals surface area contributed by atoms with E-state index in [1.165, 1.54) is 44.1 Å². The zero-order valence-electron chi connectivity index (χ0n) is 10.9. The maximum absolute atomic E-state index is 10.8. The second-order valence-electron chi connectivity index (χ2n) is 4.84. The smallest absolute Gasteiger partial charge is 0.150 e. The van der Waals surface area contributed by atoms with Crippen LogP contribution in [0.4, 0.5) is 0 Å². The predicted octanol–water partition coefficient (Wildman–Crippen LogP) is 4.25. The van der Waals surface area contributed by atoms with Gasteiger partial charge >= 0.3 is 0 Å². The Morgan fingerprint density at radius 3 is 2.44 bits per heavy atom. The number of methoxy groups -OCH3 is 1. The molecule has 1 aliphatic carbocycles. The van der Waals surface area contributed by atoms with Gasteiger partial charge < -0.3 is 4.74 Å². The van der Waals surface area contributed by atoms with E-state index in [0.29, 0.717) is 5.56 Å². The molecule has 0 bridgehead atoms. The normalized spacial score (nSPS) is 15.9. The van der Waals surface area contributed by atoms with Crippen LogP contribution < -0.4 is 4.74 Å². The molecule has 0 aliphatic heterocycles. The molecule has 0 N–H and O–H groups in total. The zero-order chi connectivity index (χ0) is 12.8. The number of allylic oxidation sites excluding steroid dienone is 1. The van der Waals surface area contributed by atoms with E-state index in [0.717, 1.165) is 17.6 Å². The van der Waals surface area contributed by atoms with Crippen molar-refractivity contribution in [2.75, 3.05) is 7.11 Å². The molecule has 96 valence electrons. The summed E-state index contributed by atoms with van der Waals surface area (Å²) in [5.74, 6) is 0.845. The van der Waals surface area contributed by atoms with E-state index in [1.54, 1.807) is 13.2 Å². The Morgan fingerprint density at radius 2 is 1.83 bits per heavy atom. The van der Waals surface area contributed by atoms with Crippen molar-refractivity contribution in [1.29, 1.82) is 0 Å². The first-order valence-electron chi connectivity index (χ1n) is 6.66. The lowest BCUT2D eigenvalue weighted by atomic mass is 10.0. The van der Waals surface area contributed by atoms with E-state index < -0.39 is 0 Å². The quantitative estimate of drug-likeness (QED) is 0.587. The highest BCUT2D eigenvalue weighted by atomic mass is 16.5. The van der Waals surface area contributed by atoms with Gasteiger partial charge in [0.15, 0.2) is 0 Å². The summed E-state index contributed by atoms with van der Waals surface area (Å²) in [6.07, 6.45) is 10.7. The zero-order valence-corrected chi connectivity index (χ0v) is 10.9. The average molecular weight is 244 g/mol. The van der Waals surface area contributed by atoms with Crippen molar-refractivity contribution in [3.8, 4) is 5.75 Å². The molecule has 1 aromatic rings. The van der Waals surface area contributed by atoms with Crippen molar-refractivity contribution in [2.24, 2.45) is 0 Å². The molecular weight excluding hydrogens is 224 g/mol. The van der Waals surface area contributed by atoms with Crippen LogP contribution in [0.1, 0.15) is 54.4 Å². The fraction of sp³-hybridized carbons (Fsp3) is 0.438. The molecule has 1 fully saturated rings. The molecule has 0 spiro atoms. The topological polar surface area (TPSA) is 26.3 Å². The molecule has 1 aromatic carbocycles. The van der Waals surface area contributed by atoms with E-state index >= 15 is 0 Å². The molecule has 2 rings (SSSR count). The van der Waals surface area contributed by atoms with Crippen molar-refractivity contribution < 1.29 is 9.53 Å². The fourth-order valence-corrected chi connectivity index (χ4v) is 2.49. The van der Waals surface area contributed by atoms with Gasteiger partial charge in [0, 0.05) is 11.1 Å². The fourth-order valence-electron chi connectivity index (χ4n) is 2.49. The summed E-state index contributed by atoms with van der Waals surface area (Å²) in [6, 6.07) is 5.57. The summed E-state index contributed by atoms with van der Waals surface area (Å²) in [4.78, 5) is 10.8. The monoisotopic (exact) mass is 244 g/mol. The van der Waals surface area contributed by atoms with Crippen LogP contribution in [0.2, 0.25) is 0 Å². The molecule has 0 radical (unpaired) electrons. The third kappa shape index (κ3) is 3.22. The molecular formula is C16H20O2. The van der Waals surface area contributed by atoms with Crippen LogP contribution >= 0.6 is 0 Å². The summed E-state index contributed by atoms with van der Waals surface area (Å²) in [5.41, 5.74) is 3.21. The SMILES string of the molecule is COc1ccc(C=O)cc1C=C1CCCCCC1. The highest BCUT2D eigenvalue weighted by Crippen LogP contribution is 2.28. The molecule has 2 nitrogen and oxygen atoms in total. The maximum Gasteiger partial charge on any atom is 0.150 e. The molecule has 1 saturated carbocycles. The van der Waals surface area contributed by atoms with E-state index in [2.05, 4.69) is 6.08 Å². The third-order valence-corrected chi connectivity index (χ3v) is 3.50. The lowest BCUT2D eigenvalue weighted by Crippen LogP contribution is -1.91. The lowest BCUT2D eigenvalue weighted by Gasteiger charge is -2.08. The van der Waals surface area contributed by atoms with Crippen molar-refractivity contribution in [1.82, 2.24) is 0 Å². The van der Waals surface area contributed by atoms with Gasteiger partial charge in [-0.1, -0.05) is 24.5 Å². The Balaban J connectivity index is 2.29. The summed E-state index contributed by atoms with van der Waals surface area (Å²) >= 11 is 0. The Hall–Kier alpha value is -1.57. The van der Waals surface area contributed by atoms with Gasteiger partial charge in [-0.15, -0.1) is 0 Å². The molecule has 0 saturated heterocycles. The first-order valence-corrected chi connectivity index (χ1v) is 6.66. The molecule has 0 amide bonds. The number of carbonyl (C=O) groups excluding carboxylic acids is 1. The number of hydrogen-bond acceptors (Lipinski definition) is 2. The summed E-state index contributed by atoms with van der Waals surface area (Å²) < 4.78 is 5.36. The minimum Gasteiger partial charge on any atom is -0.496 e. The first kappa shape index (κ1) is 12.9. The molecule has 0 atom stereocenters. The number of hydrogen-bond donors (Lipinski definition) is 0. The van der Waals surface area contributed by atoms with Gasteiger partial charge in [0.25, 0.3) is 0 Å². The van der Waals surface area contributed by atoms with E-state index in [-0.39, 0.29) is 0 Å². The Morgan fingerprint density at radius 1 is 1.11 bits per heavy atom. The van der Waals surface area contributed by atoms with Gasteiger partial charge in [-0.05, 0) is 43.9 Å². The Kier molecular flexibility index (Phi) is 4.57. The van der Waals surface area contributed by atoms with Crippen molar-refractivity contribution >= 4 is 12.4 Å². The molecule has 0 unspecified atom stereocenters. The van der Waals surface area contributed by atoms with Crippen LogP contribution in [0.3, 0.4) is 0 Å². The number of benzene rings is 1. The lowest BCUT2D eigenvalue weighted by molar-refractivity contribution is 0.112. The minimum atomic E-state index is 0.705. The number of ether oxygens (including phenoxy) is 1. The number of rotatable bonds is 3. The molecule has 1 aliphatic rings. The van der Waals surface area contributed by atoms with Gasteiger partial charge in [-0.3, -0.25) is 4.79 Å². The molecule has 0 heterocycles. The molecule has 0 aromatic heterocycles. The van der Waals surface area contributed by atoms with Gasteiger partial charge in [-0.2, -0.15) is 0 Å². The first-order chi connectivity index (χ1) is 8.83. The Labute approximate surface area is 109 Å². The van der Waals surface area contributed by atoms with Crippen molar-refractivity contribution in [3.63, 3.8) is 0 Å². The maximum atomic E-state index is 10.8. The van der Waals surface area contributed by atoms with Crippen LogP contribution in [0.15, 0.2) is 23.8 Å². The van der Waals surface area contributed by atoms with E-state index in [4.69, 9.17) is 4.74 Å². The van der Waals surface area contributed by atoms with Crippen molar-refractivity contribution in [3.05, 3.63) is 34.9 Å². The van der Waals surface area contributed by atoms with Crippen molar-refractivity contribution in [2.45, 2.75) is 38.5 Å². The Bertz CT molecular complexity index is 436. The minimum absolute atomic E-state index is 0.705. The molecule has 18 heavy (non-hydrogen) atoms. The third-order valence-electron chi connectivity index (χ3n) is 3.50. The average Bonchev–Trinajstić information content (AvgIpc) is 2.67. The summed E-state index contributed by atoms with van der Waals surface area (Å²) in [6.45, 7) is 0. The van der Waals surface area contributed by atoms with Crippen LogP contribution in [-0.4, -0.2) is 13.4 Å². The largest absolute Gasteiger partial charge is 0.496 e. The predicted molar refractivity (Wildman–Crippen MR) is 74.1 cm³/mol. The number of carbonyl (C=O) groups is 1. The second-order valence-corrected chi connectivity index (χ2v) is 4.84. The highest BCUT2D eigenvalue weighted by molar-refractivity contribution is 5.78. The summed E-state index contributed by atoms with van der Waals surface area (Å²) in [5, 5.41) is 0. The molecule has 2 heteroatoms. The van der Waals surface area contributed by atoms with E-state index in [1.807, 2.05) is 12.1 Å². The highest BCUT2D eigenvalue weighted by Gasteiger charge is 2.07. The van der Waals surface area contributed by atoms with E-state index in [9.17, 15) is 4.79 Å². The van der Waals surface area contributed by atoms with Crippen LogP contribution in [-0.2, 0) is 0 Å².